The number of amides is 2. The number of halogens is 3. The van der Waals surface area contributed by atoms with Crippen LogP contribution in [0.1, 0.15) is 16.7 Å². The molecule has 0 spiro atoms. The van der Waals surface area contributed by atoms with Crippen LogP contribution in [-0.2, 0) is 23.8 Å². The molecular formula is C24H29F3N2O4. The number of aliphatic hydroxyl groups excluding tert-OH is 1. The molecule has 180 valence electrons. The van der Waals surface area contributed by atoms with Gasteiger partial charge in [-0.1, -0.05) is 24.3 Å². The fourth-order valence-electron chi connectivity index (χ4n) is 3.76. The summed E-state index contributed by atoms with van der Waals surface area (Å²) in [5, 5.41) is 12.5. The van der Waals surface area contributed by atoms with E-state index in [0.29, 0.717) is 38.1 Å². The van der Waals surface area contributed by atoms with Crippen LogP contribution in [0.2, 0.25) is 0 Å². The molecule has 2 amide bonds. The number of nitrogens with zero attached hydrogens (tertiary/aromatic N) is 1. The molecule has 0 saturated carbocycles. The summed E-state index contributed by atoms with van der Waals surface area (Å²) >= 11 is 0. The predicted octanol–water partition coefficient (Wildman–Crippen LogP) is 3.52. The lowest BCUT2D eigenvalue weighted by atomic mass is 9.99. The number of rotatable bonds is 8. The lowest BCUT2D eigenvalue weighted by Crippen LogP contribution is -2.51. The van der Waals surface area contributed by atoms with Gasteiger partial charge in [0.1, 0.15) is 5.75 Å². The van der Waals surface area contributed by atoms with Gasteiger partial charge in [0, 0.05) is 38.6 Å². The zero-order valence-corrected chi connectivity index (χ0v) is 18.5. The molecule has 0 bridgehead atoms. The summed E-state index contributed by atoms with van der Waals surface area (Å²) in [6.45, 7) is 1.37. The van der Waals surface area contributed by atoms with Gasteiger partial charge in [-0.25, -0.2) is 4.79 Å². The summed E-state index contributed by atoms with van der Waals surface area (Å²) in [5.41, 5.74) is 1.04. The molecule has 1 saturated heterocycles. The summed E-state index contributed by atoms with van der Waals surface area (Å²) in [4.78, 5) is 14.3. The van der Waals surface area contributed by atoms with Crippen molar-refractivity contribution in [2.45, 2.75) is 25.1 Å². The zero-order chi connectivity index (χ0) is 23.8. The smallest absolute Gasteiger partial charge is 0.416 e. The van der Waals surface area contributed by atoms with E-state index in [-0.39, 0.29) is 31.2 Å². The number of benzene rings is 2. The number of morpholine rings is 1. The Labute approximate surface area is 191 Å². The molecule has 2 N–H and O–H groups in total. The van der Waals surface area contributed by atoms with Crippen LogP contribution >= 0.6 is 0 Å². The van der Waals surface area contributed by atoms with Gasteiger partial charge < -0.3 is 24.8 Å². The summed E-state index contributed by atoms with van der Waals surface area (Å²) in [7, 11) is 1.61. The number of urea groups is 1. The van der Waals surface area contributed by atoms with Gasteiger partial charge in [-0.3, -0.25) is 0 Å². The molecule has 3 rings (SSSR count). The minimum Gasteiger partial charge on any atom is -0.497 e. The summed E-state index contributed by atoms with van der Waals surface area (Å²) in [6, 6.07) is 12.3. The SMILES string of the molecule is COc1ccc(CC2CN(C(=O)NCC(CO)Cc3ccc(C(F)(F)F)cc3)CCO2)cc1. The third-order valence-electron chi connectivity index (χ3n) is 5.65. The summed E-state index contributed by atoms with van der Waals surface area (Å²) < 4.78 is 49.1. The number of hydrogen-bond acceptors (Lipinski definition) is 4. The molecule has 2 aromatic rings. The van der Waals surface area contributed by atoms with Crippen molar-refractivity contribution in [2.24, 2.45) is 5.92 Å². The molecule has 2 aromatic carbocycles. The Balaban J connectivity index is 1.47. The van der Waals surface area contributed by atoms with Crippen LogP contribution in [0.4, 0.5) is 18.0 Å². The Morgan fingerprint density at radius 2 is 1.85 bits per heavy atom. The Morgan fingerprint density at radius 3 is 2.45 bits per heavy atom. The first-order chi connectivity index (χ1) is 15.8. The molecule has 33 heavy (non-hydrogen) atoms. The van der Waals surface area contributed by atoms with Gasteiger partial charge in [-0.2, -0.15) is 13.2 Å². The van der Waals surface area contributed by atoms with Gasteiger partial charge >= 0.3 is 12.2 Å². The maximum absolute atomic E-state index is 12.7. The maximum Gasteiger partial charge on any atom is 0.416 e. The van der Waals surface area contributed by atoms with E-state index < -0.39 is 11.7 Å². The van der Waals surface area contributed by atoms with Crippen molar-refractivity contribution in [1.29, 1.82) is 0 Å². The third-order valence-corrected chi connectivity index (χ3v) is 5.65. The highest BCUT2D eigenvalue weighted by molar-refractivity contribution is 5.74. The monoisotopic (exact) mass is 466 g/mol. The molecule has 6 nitrogen and oxygen atoms in total. The second kappa shape index (κ2) is 11.4. The Morgan fingerprint density at radius 1 is 1.18 bits per heavy atom. The quantitative estimate of drug-likeness (QED) is 0.625. The zero-order valence-electron chi connectivity index (χ0n) is 18.5. The molecule has 1 aliphatic heterocycles. The van der Waals surface area contributed by atoms with Crippen molar-refractivity contribution >= 4 is 6.03 Å². The van der Waals surface area contributed by atoms with E-state index in [9.17, 15) is 23.1 Å². The van der Waals surface area contributed by atoms with Gasteiger partial charge in [0.15, 0.2) is 0 Å². The highest BCUT2D eigenvalue weighted by Gasteiger charge is 2.30. The minimum absolute atomic E-state index is 0.126. The Kier molecular flexibility index (Phi) is 8.57. The van der Waals surface area contributed by atoms with Crippen molar-refractivity contribution in [1.82, 2.24) is 10.2 Å². The second-order valence-electron chi connectivity index (χ2n) is 8.12. The van der Waals surface area contributed by atoms with E-state index in [1.165, 1.54) is 12.1 Å². The van der Waals surface area contributed by atoms with E-state index in [1.54, 1.807) is 12.0 Å². The van der Waals surface area contributed by atoms with Crippen molar-refractivity contribution in [3.8, 4) is 5.75 Å². The van der Waals surface area contributed by atoms with Crippen molar-refractivity contribution in [3.63, 3.8) is 0 Å². The number of alkyl halides is 3. The van der Waals surface area contributed by atoms with Gasteiger partial charge in [-0.05, 0) is 41.8 Å². The molecule has 1 aliphatic rings. The molecule has 0 aromatic heterocycles. The van der Waals surface area contributed by atoms with Crippen molar-refractivity contribution in [3.05, 3.63) is 65.2 Å². The van der Waals surface area contributed by atoms with Crippen LogP contribution in [0.25, 0.3) is 0 Å². The van der Waals surface area contributed by atoms with Gasteiger partial charge in [-0.15, -0.1) is 0 Å². The normalized spacial score (nSPS) is 17.5. The van der Waals surface area contributed by atoms with Crippen LogP contribution in [0.5, 0.6) is 5.75 Å². The largest absolute Gasteiger partial charge is 0.497 e. The summed E-state index contributed by atoms with van der Waals surface area (Å²) in [6.07, 6.45) is -3.48. The molecule has 1 heterocycles. The van der Waals surface area contributed by atoms with Crippen molar-refractivity contribution < 1.29 is 32.5 Å². The van der Waals surface area contributed by atoms with E-state index in [0.717, 1.165) is 23.4 Å². The molecule has 9 heteroatoms. The second-order valence-corrected chi connectivity index (χ2v) is 8.12. The topological polar surface area (TPSA) is 71.0 Å². The number of hydrogen-bond donors (Lipinski definition) is 2. The van der Waals surface area contributed by atoms with E-state index in [1.807, 2.05) is 24.3 Å². The lowest BCUT2D eigenvalue weighted by Gasteiger charge is -2.33. The molecule has 0 radical (unpaired) electrons. The standard InChI is InChI=1S/C24H29F3N2O4/c1-32-21-8-4-18(5-9-21)13-22-15-29(10-11-33-22)23(31)28-14-19(16-30)12-17-2-6-20(7-3-17)24(25,26)27/h2-9,19,22,30H,10-16H2,1H3,(H,28,31). The molecule has 0 aliphatic carbocycles. The summed E-state index contributed by atoms with van der Waals surface area (Å²) in [5.74, 6) is 0.473. The Hall–Kier alpha value is -2.78. The number of aliphatic hydroxyl groups is 1. The van der Waals surface area contributed by atoms with Gasteiger partial charge in [0.05, 0.1) is 25.4 Å². The lowest BCUT2D eigenvalue weighted by molar-refractivity contribution is -0.137. The molecular weight excluding hydrogens is 437 g/mol. The minimum atomic E-state index is -4.38. The number of carbonyl (C=O) groups is 1. The third kappa shape index (κ3) is 7.36. The fourth-order valence-corrected chi connectivity index (χ4v) is 3.76. The van der Waals surface area contributed by atoms with Crippen LogP contribution in [-0.4, -0.2) is 62.1 Å². The first-order valence-electron chi connectivity index (χ1n) is 10.8. The first kappa shape index (κ1) is 24.9. The maximum atomic E-state index is 12.7. The predicted molar refractivity (Wildman–Crippen MR) is 117 cm³/mol. The van der Waals surface area contributed by atoms with Gasteiger partial charge in [0.25, 0.3) is 0 Å². The van der Waals surface area contributed by atoms with Gasteiger partial charge in [0.2, 0.25) is 0 Å². The first-order valence-corrected chi connectivity index (χ1v) is 10.8. The Bertz CT molecular complexity index is 888. The molecule has 2 unspecified atom stereocenters. The van der Waals surface area contributed by atoms with Crippen LogP contribution in [0, 0.1) is 5.92 Å². The van der Waals surface area contributed by atoms with Crippen LogP contribution in [0.15, 0.2) is 48.5 Å². The molecule has 2 atom stereocenters. The molecule has 1 fully saturated rings. The average Bonchev–Trinajstić information content (AvgIpc) is 2.82. The van der Waals surface area contributed by atoms with Crippen molar-refractivity contribution in [2.75, 3.05) is 40.0 Å². The number of carbonyl (C=O) groups excluding carboxylic acids is 1. The highest BCUT2D eigenvalue weighted by atomic mass is 19.4. The van der Waals surface area contributed by atoms with E-state index in [4.69, 9.17) is 9.47 Å². The van der Waals surface area contributed by atoms with E-state index in [2.05, 4.69) is 5.32 Å². The average molecular weight is 467 g/mol. The number of ether oxygens (including phenoxy) is 2. The van der Waals surface area contributed by atoms with Crippen LogP contribution < -0.4 is 10.1 Å². The van der Waals surface area contributed by atoms with E-state index >= 15 is 0 Å². The number of methoxy groups -OCH3 is 1. The fraction of sp³-hybridized carbons (Fsp3) is 0.458. The van der Waals surface area contributed by atoms with Crippen LogP contribution in [0.3, 0.4) is 0 Å². The number of nitrogens with one attached hydrogen (secondary N) is 1. The highest BCUT2D eigenvalue weighted by Crippen LogP contribution is 2.29.